The lowest BCUT2D eigenvalue weighted by molar-refractivity contribution is 0.0884. The molecule has 0 radical (unpaired) electrons. The van der Waals surface area contributed by atoms with Crippen LogP contribution in [-0.2, 0) is 48.2 Å². The second-order valence-corrected chi connectivity index (χ2v) is 13.7. The molecule has 0 spiro atoms. The van der Waals surface area contributed by atoms with Crippen molar-refractivity contribution in [1.82, 2.24) is 13.9 Å². The predicted molar refractivity (Wildman–Crippen MR) is 142 cm³/mol. The second-order valence-electron chi connectivity index (χ2n) is 9.91. The van der Waals surface area contributed by atoms with Crippen LogP contribution in [0.1, 0.15) is 36.9 Å². The number of aromatic nitrogens is 2. The zero-order chi connectivity index (χ0) is 27.5. The number of rotatable bonds is 11. The van der Waals surface area contributed by atoms with Crippen molar-refractivity contribution in [3.05, 3.63) is 77.9 Å². The van der Waals surface area contributed by atoms with Gasteiger partial charge in [-0.1, -0.05) is 30.3 Å². The van der Waals surface area contributed by atoms with E-state index in [1.807, 2.05) is 0 Å². The van der Waals surface area contributed by atoms with Gasteiger partial charge in [0.2, 0.25) is 25.0 Å². The molecule has 12 heteroatoms. The minimum atomic E-state index is -3.94. The molecule has 0 N–H and O–H groups in total. The minimum absolute atomic E-state index is 0.0805. The molecule has 0 amide bonds. The van der Waals surface area contributed by atoms with Gasteiger partial charge in [-0.05, 0) is 55.5 Å². The number of sulfone groups is 1. The summed E-state index contributed by atoms with van der Waals surface area (Å²) in [7, 11) is -7.86. The lowest BCUT2D eigenvalue weighted by Crippen LogP contribution is -2.37. The van der Waals surface area contributed by atoms with Gasteiger partial charge in [-0.3, -0.25) is 0 Å². The van der Waals surface area contributed by atoms with Gasteiger partial charge < -0.3 is 14.0 Å². The number of nitrogens with zero attached hydrogens (tertiary/aromatic N) is 3. The van der Waals surface area contributed by atoms with Crippen molar-refractivity contribution in [2.45, 2.75) is 66.8 Å². The van der Waals surface area contributed by atoms with Crippen molar-refractivity contribution in [3.8, 4) is 0 Å². The third kappa shape index (κ3) is 6.58. The molecule has 0 saturated carbocycles. The first kappa shape index (κ1) is 27.9. The van der Waals surface area contributed by atoms with Crippen molar-refractivity contribution in [2.75, 3.05) is 19.8 Å². The molecule has 2 aromatic carbocycles. The molecule has 2 fully saturated rings. The van der Waals surface area contributed by atoms with Crippen LogP contribution >= 0.6 is 0 Å². The number of hydrogen-bond donors (Lipinski definition) is 0. The first-order valence-corrected chi connectivity index (χ1v) is 16.1. The topological polar surface area (TPSA) is 108 Å². The van der Waals surface area contributed by atoms with Crippen molar-refractivity contribution >= 4 is 19.9 Å². The Morgan fingerprint density at radius 3 is 2.23 bits per heavy atom. The van der Waals surface area contributed by atoms with Crippen LogP contribution in [0.25, 0.3) is 0 Å². The number of ether oxygens (including phenoxy) is 2. The maximum atomic E-state index is 13.7. The highest BCUT2D eigenvalue weighted by Crippen LogP contribution is 2.26. The summed E-state index contributed by atoms with van der Waals surface area (Å²) in [6, 6.07) is 13.4. The Kier molecular flexibility index (Phi) is 8.48. The van der Waals surface area contributed by atoms with Crippen molar-refractivity contribution < 1.29 is 30.7 Å². The minimum Gasteiger partial charge on any atom is -0.377 e. The van der Waals surface area contributed by atoms with E-state index < -0.39 is 25.7 Å². The van der Waals surface area contributed by atoms with Crippen LogP contribution in [-0.4, -0.2) is 62.7 Å². The van der Waals surface area contributed by atoms with Crippen LogP contribution in [0, 0.1) is 5.82 Å². The molecule has 9 nitrogen and oxygen atoms in total. The van der Waals surface area contributed by atoms with E-state index in [0.717, 1.165) is 25.7 Å². The number of sulfonamides is 1. The van der Waals surface area contributed by atoms with Crippen LogP contribution in [0.5, 0.6) is 0 Å². The maximum Gasteiger partial charge on any atom is 0.243 e. The summed E-state index contributed by atoms with van der Waals surface area (Å²) in [6.07, 6.45) is 4.18. The van der Waals surface area contributed by atoms with E-state index in [0.29, 0.717) is 24.5 Å². The Labute approximate surface area is 228 Å². The Bertz CT molecular complexity index is 1470. The molecule has 0 unspecified atom stereocenters. The van der Waals surface area contributed by atoms with Crippen LogP contribution in [0.15, 0.2) is 70.8 Å². The summed E-state index contributed by atoms with van der Waals surface area (Å²) in [5.41, 5.74) is 0.872. The van der Waals surface area contributed by atoms with Crippen molar-refractivity contribution in [2.24, 2.45) is 0 Å². The van der Waals surface area contributed by atoms with Gasteiger partial charge in [0.1, 0.15) is 5.82 Å². The summed E-state index contributed by atoms with van der Waals surface area (Å²) in [5, 5.41) is -0.161. The lowest BCUT2D eigenvalue weighted by atomic mass is 10.2. The average Bonchev–Trinajstić information content (AvgIpc) is 3.70. The van der Waals surface area contributed by atoms with E-state index in [4.69, 9.17) is 9.47 Å². The fourth-order valence-electron chi connectivity index (χ4n) is 5.00. The van der Waals surface area contributed by atoms with Crippen LogP contribution < -0.4 is 0 Å². The molecular weight excluding hydrogens is 545 g/mol. The summed E-state index contributed by atoms with van der Waals surface area (Å²) >= 11 is 0. The van der Waals surface area contributed by atoms with E-state index in [-0.39, 0.29) is 47.6 Å². The van der Waals surface area contributed by atoms with Crippen LogP contribution in [0.3, 0.4) is 0 Å². The van der Waals surface area contributed by atoms with Gasteiger partial charge in [0, 0.05) is 19.8 Å². The first-order valence-electron chi connectivity index (χ1n) is 13.0. The van der Waals surface area contributed by atoms with E-state index in [1.54, 1.807) is 34.9 Å². The normalized spacial score (nSPS) is 20.2. The summed E-state index contributed by atoms with van der Waals surface area (Å²) in [5.74, 6) is -0.818. The molecule has 3 heterocycles. The van der Waals surface area contributed by atoms with Gasteiger partial charge in [-0.15, -0.1) is 0 Å². The molecule has 5 rings (SSSR count). The van der Waals surface area contributed by atoms with Gasteiger partial charge >= 0.3 is 0 Å². The molecule has 0 bridgehead atoms. The largest absolute Gasteiger partial charge is 0.377 e. The highest BCUT2D eigenvalue weighted by Gasteiger charge is 2.33. The Morgan fingerprint density at radius 2 is 1.59 bits per heavy atom. The standard InChI is InChI=1S/C27H32FN3O6S2/c28-22-12-10-21(11-13-22)20-38(32,33)27-29-16-23(31(27)19-25-7-5-15-37-25)17-30(18-24-6-4-14-36-24)39(34,35)26-8-2-1-3-9-26/h1-3,8-13,16,24-25H,4-7,14-15,17-20H2/t24-,25+/m1/s1. The fraction of sp³-hybridized carbons (Fsp3) is 0.444. The highest BCUT2D eigenvalue weighted by molar-refractivity contribution is 7.90. The zero-order valence-corrected chi connectivity index (χ0v) is 23.1. The molecule has 3 aromatic rings. The highest BCUT2D eigenvalue weighted by atomic mass is 32.2. The third-order valence-corrected chi connectivity index (χ3v) is 10.4. The number of imidazole rings is 1. The van der Waals surface area contributed by atoms with Gasteiger partial charge in [0.25, 0.3) is 0 Å². The summed E-state index contributed by atoms with van der Waals surface area (Å²) in [4.78, 5) is 4.43. The third-order valence-electron chi connectivity index (χ3n) is 7.01. The molecular formula is C27H32FN3O6S2. The van der Waals surface area contributed by atoms with Gasteiger partial charge in [0.05, 0.1) is 47.8 Å². The molecule has 2 saturated heterocycles. The van der Waals surface area contributed by atoms with Crippen molar-refractivity contribution in [3.63, 3.8) is 0 Å². The second kappa shape index (κ2) is 11.8. The monoisotopic (exact) mass is 577 g/mol. The van der Waals surface area contributed by atoms with Crippen LogP contribution in [0.2, 0.25) is 0 Å². The van der Waals surface area contributed by atoms with Gasteiger partial charge in [-0.25, -0.2) is 26.2 Å². The van der Waals surface area contributed by atoms with E-state index >= 15 is 0 Å². The lowest BCUT2D eigenvalue weighted by Gasteiger charge is -2.26. The van der Waals surface area contributed by atoms with E-state index in [2.05, 4.69) is 4.98 Å². The quantitative estimate of drug-likeness (QED) is 0.343. The molecule has 2 atom stereocenters. The van der Waals surface area contributed by atoms with Gasteiger partial charge in [0.15, 0.2) is 0 Å². The van der Waals surface area contributed by atoms with E-state index in [1.165, 1.54) is 34.8 Å². The van der Waals surface area contributed by atoms with Crippen molar-refractivity contribution in [1.29, 1.82) is 0 Å². The molecule has 2 aliphatic rings. The Morgan fingerprint density at radius 1 is 0.923 bits per heavy atom. The number of halogens is 1. The molecule has 210 valence electrons. The predicted octanol–water partition coefficient (Wildman–Crippen LogP) is 3.55. The Balaban J connectivity index is 1.50. The first-order chi connectivity index (χ1) is 18.7. The van der Waals surface area contributed by atoms with Gasteiger partial charge in [-0.2, -0.15) is 4.31 Å². The number of benzene rings is 2. The molecule has 39 heavy (non-hydrogen) atoms. The van der Waals surface area contributed by atoms with E-state index in [9.17, 15) is 21.2 Å². The molecule has 1 aromatic heterocycles. The zero-order valence-electron chi connectivity index (χ0n) is 21.5. The van der Waals surface area contributed by atoms with Crippen LogP contribution in [0.4, 0.5) is 4.39 Å². The molecule has 2 aliphatic heterocycles. The summed E-state index contributed by atoms with van der Waals surface area (Å²) in [6.45, 7) is 1.45. The molecule has 0 aliphatic carbocycles. The number of hydrogen-bond acceptors (Lipinski definition) is 7. The summed E-state index contributed by atoms with van der Waals surface area (Å²) < 4.78 is 82.3. The average molecular weight is 578 g/mol. The smallest absolute Gasteiger partial charge is 0.243 e. The SMILES string of the molecule is O=S(=O)(Cc1ccc(F)cc1)c1ncc(CN(C[C@H]2CCCO2)S(=O)(=O)c2ccccc2)n1C[C@@H]1CCCO1. The maximum absolute atomic E-state index is 13.7. The fourth-order valence-corrected chi connectivity index (χ4v) is 7.97. The Hall–Kier alpha value is -2.64.